The first-order valence-electron chi connectivity index (χ1n) is 8.78. The summed E-state index contributed by atoms with van der Waals surface area (Å²) in [7, 11) is 0. The Morgan fingerprint density at radius 3 is 2.52 bits per heavy atom. The van der Waals surface area contributed by atoms with Crippen molar-refractivity contribution in [3.05, 3.63) is 58.3 Å². The summed E-state index contributed by atoms with van der Waals surface area (Å²) in [6.07, 6.45) is 1.63. The molecule has 2 heterocycles. The maximum absolute atomic E-state index is 12.5. The Kier molecular flexibility index (Phi) is 6.00. The van der Waals surface area contributed by atoms with E-state index in [2.05, 4.69) is 10.2 Å². The van der Waals surface area contributed by atoms with Crippen molar-refractivity contribution in [2.75, 3.05) is 13.1 Å². The van der Waals surface area contributed by atoms with Gasteiger partial charge in [0.25, 0.3) is 0 Å². The predicted molar refractivity (Wildman–Crippen MR) is 101 cm³/mol. The van der Waals surface area contributed by atoms with Crippen LogP contribution in [0.2, 0.25) is 0 Å². The number of carbonyl (C=O) groups excluding carboxylic acids is 2. The standard InChI is InChI=1S/C20H24N2O2S/c1-15(20(24)21-14-18-8-5-13-25-18)22-11-9-17(10-12-22)19(23)16-6-3-2-4-7-16/h2-8,13,15,17H,9-12,14H2,1H3,(H,21,24). The van der Waals surface area contributed by atoms with Crippen LogP contribution in [-0.4, -0.2) is 35.7 Å². The van der Waals surface area contributed by atoms with E-state index in [0.717, 1.165) is 36.4 Å². The van der Waals surface area contributed by atoms with Gasteiger partial charge in [0.15, 0.2) is 5.78 Å². The Bertz CT molecular complexity index is 692. The second-order valence-corrected chi connectivity index (χ2v) is 7.55. The summed E-state index contributed by atoms with van der Waals surface area (Å²) in [5.74, 6) is 0.358. The van der Waals surface area contributed by atoms with Crippen LogP contribution in [0.5, 0.6) is 0 Å². The van der Waals surface area contributed by atoms with Gasteiger partial charge in [-0.3, -0.25) is 14.5 Å². The second kappa shape index (κ2) is 8.41. The summed E-state index contributed by atoms with van der Waals surface area (Å²) < 4.78 is 0. The first-order valence-corrected chi connectivity index (χ1v) is 9.66. The average Bonchev–Trinajstić information content (AvgIpc) is 3.19. The average molecular weight is 356 g/mol. The third-order valence-corrected chi connectivity index (χ3v) is 5.78. The molecule has 1 aliphatic heterocycles. The number of nitrogens with zero attached hydrogens (tertiary/aromatic N) is 1. The van der Waals surface area contributed by atoms with E-state index < -0.39 is 0 Å². The van der Waals surface area contributed by atoms with Gasteiger partial charge in [-0.15, -0.1) is 11.3 Å². The molecular formula is C20H24N2O2S. The maximum atomic E-state index is 12.5. The molecule has 2 aromatic rings. The molecule has 0 bridgehead atoms. The molecule has 4 nitrogen and oxygen atoms in total. The van der Waals surface area contributed by atoms with E-state index in [-0.39, 0.29) is 23.7 Å². The minimum Gasteiger partial charge on any atom is -0.350 e. The van der Waals surface area contributed by atoms with Crippen molar-refractivity contribution in [2.24, 2.45) is 5.92 Å². The number of hydrogen-bond acceptors (Lipinski definition) is 4. The maximum Gasteiger partial charge on any atom is 0.237 e. The Morgan fingerprint density at radius 2 is 1.88 bits per heavy atom. The van der Waals surface area contributed by atoms with Gasteiger partial charge in [0.1, 0.15) is 0 Å². The van der Waals surface area contributed by atoms with Crippen molar-refractivity contribution in [1.82, 2.24) is 10.2 Å². The zero-order chi connectivity index (χ0) is 17.6. The van der Waals surface area contributed by atoms with Crippen molar-refractivity contribution < 1.29 is 9.59 Å². The lowest BCUT2D eigenvalue weighted by Gasteiger charge is -2.34. The topological polar surface area (TPSA) is 49.4 Å². The summed E-state index contributed by atoms with van der Waals surface area (Å²) in [6.45, 7) is 4.11. The molecule has 1 amide bonds. The number of rotatable bonds is 6. The molecule has 5 heteroatoms. The highest BCUT2D eigenvalue weighted by molar-refractivity contribution is 7.09. The second-order valence-electron chi connectivity index (χ2n) is 6.51. The molecule has 1 N–H and O–H groups in total. The van der Waals surface area contributed by atoms with Gasteiger partial charge in [0.2, 0.25) is 5.91 Å². The lowest BCUT2D eigenvalue weighted by atomic mass is 9.88. The smallest absolute Gasteiger partial charge is 0.237 e. The molecule has 0 spiro atoms. The highest BCUT2D eigenvalue weighted by Crippen LogP contribution is 2.23. The molecule has 0 radical (unpaired) electrons. The van der Waals surface area contributed by atoms with Crippen LogP contribution in [0.4, 0.5) is 0 Å². The van der Waals surface area contributed by atoms with Crippen molar-refractivity contribution in [3.63, 3.8) is 0 Å². The van der Waals surface area contributed by atoms with Crippen LogP contribution in [0, 0.1) is 5.92 Å². The van der Waals surface area contributed by atoms with E-state index in [0.29, 0.717) is 6.54 Å². The van der Waals surface area contributed by atoms with Crippen molar-refractivity contribution in [3.8, 4) is 0 Å². The molecule has 1 saturated heterocycles. The third-order valence-electron chi connectivity index (χ3n) is 4.90. The Labute approximate surface area is 152 Å². The number of piperidine rings is 1. The van der Waals surface area contributed by atoms with Crippen molar-refractivity contribution in [2.45, 2.75) is 32.4 Å². The number of ketones is 1. The number of hydrogen-bond donors (Lipinski definition) is 1. The lowest BCUT2D eigenvalue weighted by molar-refractivity contribution is -0.126. The van der Waals surface area contributed by atoms with E-state index in [1.165, 1.54) is 0 Å². The van der Waals surface area contributed by atoms with Crippen LogP contribution >= 0.6 is 11.3 Å². The minimum absolute atomic E-state index is 0.0567. The van der Waals surface area contributed by atoms with Gasteiger partial charge < -0.3 is 5.32 Å². The van der Waals surface area contributed by atoms with E-state index in [1.54, 1.807) is 11.3 Å². The van der Waals surface area contributed by atoms with Gasteiger partial charge in [-0.05, 0) is 44.3 Å². The van der Waals surface area contributed by atoms with Gasteiger partial charge >= 0.3 is 0 Å². The van der Waals surface area contributed by atoms with E-state index in [9.17, 15) is 9.59 Å². The Morgan fingerprint density at radius 1 is 1.16 bits per heavy atom. The first kappa shape index (κ1) is 17.8. The summed E-state index contributed by atoms with van der Waals surface area (Å²) >= 11 is 1.65. The number of carbonyl (C=O) groups is 2. The zero-order valence-corrected chi connectivity index (χ0v) is 15.3. The molecule has 132 valence electrons. The van der Waals surface area contributed by atoms with Crippen LogP contribution in [0.3, 0.4) is 0 Å². The van der Waals surface area contributed by atoms with Crippen molar-refractivity contribution in [1.29, 1.82) is 0 Å². The quantitative estimate of drug-likeness (QED) is 0.808. The van der Waals surface area contributed by atoms with Crippen LogP contribution < -0.4 is 5.32 Å². The van der Waals surface area contributed by atoms with E-state index >= 15 is 0 Å². The van der Waals surface area contributed by atoms with E-state index in [4.69, 9.17) is 0 Å². The fourth-order valence-corrected chi connectivity index (χ4v) is 3.93. The number of nitrogens with one attached hydrogen (secondary N) is 1. The molecule has 1 fully saturated rings. The van der Waals surface area contributed by atoms with Crippen LogP contribution in [-0.2, 0) is 11.3 Å². The highest BCUT2D eigenvalue weighted by atomic mass is 32.1. The van der Waals surface area contributed by atoms with Gasteiger partial charge in [-0.25, -0.2) is 0 Å². The highest BCUT2D eigenvalue weighted by Gasteiger charge is 2.30. The number of Topliss-reactive ketones (excluding diaryl/α,β-unsaturated/α-hetero) is 1. The Hall–Kier alpha value is -1.98. The number of likely N-dealkylation sites (tertiary alicyclic amines) is 1. The zero-order valence-electron chi connectivity index (χ0n) is 14.5. The number of amides is 1. The molecule has 1 aromatic heterocycles. The first-order chi connectivity index (χ1) is 12.1. The van der Waals surface area contributed by atoms with E-state index in [1.807, 2.05) is 54.8 Å². The Balaban J connectivity index is 1.48. The van der Waals surface area contributed by atoms with Crippen LogP contribution in [0.25, 0.3) is 0 Å². The van der Waals surface area contributed by atoms with Crippen LogP contribution in [0.1, 0.15) is 35.0 Å². The molecule has 0 aliphatic carbocycles. The minimum atomic E-state index is -0.160. The summed E-state index contributed by atoms with van der Waals surface area (Å²) in [5, 5.41) is 5.02. The van der Waals surface area contributed by atoms with Crippen molar-refractivity contribution >= 4 is 23.0 Å². The van der Waals surface area contributed by atoms with Gasteiger partial charge in [0, 0.05) is 16.4 Å². The normalized spacial score (nSPS) is 17.2. The SMILES string of the molecule is CC(C(=O)NCc1cccs1)N1CCC(C(=O)c2ccccc2)CC1. The summed E-state index contributed by atoms with van der Waals surface area (Å²) in [4.78, 5) is 28.2. The molecule has 3 rings (SSSR count). The fourth-order valence-electron chi connectivity index (χ4n) is 3.29. The number of benzene rings is 1. The van der Waals surface area contributed by atoms with Gasteiger partial charge in [-0.1, -0.05) is 36.4 Å². The predicted octanol–water partition coefficient (Wildman–Crippen LogP) is 3.35. The molecule has 1 aliphatic rings. The molecule has 1 unspecified atom stereocenters. The molecular weight excluding hydrogens is 332 g/mol. The number of thiophene rings is 1. The molecule has 25 heavy (non-hydrogen) atoms. The fraction of sp³-hybridized carbons (Fsp3) is 0.400. The molecule has 1 atom stereocenters. The van der Waals surface area contributed by atoms with Gasteiger partial charge in [0.05, 0.1) is 12.6 Å². The third kappa shape index (κ3) is 4.55. The lowest BCUT2D eigenvalue weighted by Crippen LogP contribution is -2.48. The van der Waals surface area contributed by atoms with Crippen LogP contribution in [0.15, 0.2) is 47.8 Å². The largest absolute Gasteiger partial charge is 0.350 e. The summed E-state index contributed by atoms with van der Waals surface area (Å²) in [5.41, 5.74) is 0.794. The van der Waals surface area contributed by atoms with Gasteiger partial charge in [-0.2, -0.15) is 0 Å². The summed E-state index contributed by atoms with van der Waals surface area (Å²) in [6, 6.07) is 13.4. The molecule has 1 aromatic carbocycles. The molecule has 0 saturated carbocycles. The monoisotopic (exact) mass is 356 g/mol.